The molecule has 0 fully saturated rings. The molecular formula is C15H14BrCl2NO. The summed E-state index contributed by atoms with van der Waals surface area (Å²) < 4.78 is 0.794. The molecule has 0 heterocycles. The third-order valence-electron chi connectivity index (χ3n) is 3.20. The molecule has 0 aliphatic heterocycles. The van der Waals surface area contributed by atoms with Crippen molar-refractivity contribution < 1.29 is 5.11 Å². The SMILES string of the molecule is NCC(c1cccc(Cl)c1)C(O)c1ccc(Br)c(Cl)c1. The number of aliphatic hydroxyl groups excluding tert-OH is 1. The molecule has 0 saturated carbocycles. The lowest BCUT2D eigenvalue weighted by atomic mass is 9.89. The van der Waals surface area contributed by atoms with Crippen molar-refractivity contribution in [1.82, 2.24) is 0 Å². The van der Waals surface area contributed by atoms with Crippen molar-refractivity contribution in [2.45, 2.75) is 12.0 Å². The van der Waals surface area contributed by atoms with Gasteiger partial charge in [0, 0.05) is 22.0 Å². The van der Waals surface area contributed by atoms with Crippen LogP contribution in [0.4, 0.5) is 0 Å². The molecule has 0 aromatic heterocycles. The highest BCUT2D eigenvalue weighted by Crippen LogP contribution is 2.34. The Bertz CT molecular complexity index is 606. The van der Waals surface area contributed by atoms with Crippen LogP contribution in [-0.4, -0.2) is 11.7 Å². The molecular weight excluding hydrogens is 361 g/mol. The van der Waals surface area contributed by atoms with Crippen molar-refractivity contribution in [3.63, 3.8) is 0 Å². The number of hydrogen-bond acceptors (Lipinski definition) is 2. The molecule has 20 heavy (non-hydrogen) atoms. The van der Waals surface area contributed by atoms with Gasteiger partial charge < -0.3 is 10.8 Å². The number of hydrogen-bond donors (Lipinski definition) is 2. The van der Waals surface area contributed by atoms with Crippen LogP contribution in [0, 0.1) is 0 Å². The van der Waals surface area contributed by atoms with Crippen LogP contribution in [0.3, 0.4) is 0 Å². The maximum atomic E-state index is 10.5. The second-order valence-corrected chi connectivity index (χ2v) is 6.21. The maximum absolute atomic E-state index is 10.5. The Hall–Kier alpha value is -0.580. The Kier molecular flexibility index (Phi) is 5.47. The first kappa shape index (κ1) is 15.8. The highest BCUT2D eigenvalue weighted by Gasteiger charge is 2.22. The maximum Gasteiger partial charge on any atom is 0.0871 e. The lowest BCUT2D eigenvalue weighted by molar-refractivity contribution is 0.147. The summed E-state index contributed by atoms with van der Waals surface area (Å²) in [6, 6.07) is 12.8. The van der Waals surface area contributed by atoms with Crippen LogP contribution >= 0.6 is 39.1 Å². The molecule has 106 valence electrons. The van der Waals surface area contributed by atoms with Gasteiger partial charge in [0.15, 0.2) is 0 Å². The third kappa shape index (κ3) is 3.54. The van der Waals surface area contributed by atoms with Crippen LogP contribution in [0.25, 0.3) is 0 Å². The molecule has 0 radical (unpaired) electrons. The quantitative estimate of drug-likeness (QED) is 0.825. The Morgan fingerprint density at radius 3 is 2.45 bits per heavy atom. The lowest BCUT2D eigenvalue weighted by Gasteiger charge is -2.23. The Labute approximate surface area is 136 Å². The Morgan fingerprint density at radius 1 is 1.10 bits per heavy atom. The fourth-order valence-electron chi connectivity index (χ4n) is 2.11. The number of rotatable bonds is 4. The van der Waals surface area contributed by atoms with Crippen LogP contribution < -0.4 is 5.73 Å². The van der Waals surface area contributed by atoms with Gasteiger partial charge in [0.25, 0.3) is 0 Å². The van der Waals surface area contributed by atoms with Gasteiger partial charge >= 0.3 is 0 Å². The van der Waals surface area contributed by atoms with E-state index in [-0.39, 0.29) is 5.92 Å². The van der Waals surface area contributed by atoms with E-state index >= 15 is 0 Å². The van der Waals surface area contributed by atoms with Crippen LogP contribution in [0.15, 0.2) is 46.9 Å². The normalized spacial score (nSPS) is 14.1. The van der Waals surface area contributed by atoms with E-state index in [9.17, 15) is 5.11 Å². The van der Waals surface area contributed by atoms with E-state index in [0.29, 0.717) is 16.6 Å². The average Bonchev–Trinajstić information content (AvgIpc) is 2.42. The lowest BCUT2D eigenvalue weighted by Crippen LogP contribution is -2.20. The van der Waals surface area contributed by atoms with Gasteiger partial charge in [-0.15, -0.1) is 0 Å². The van der Waals surface area contributed by atoms with Gasteiger partial charge in [0.05, 0.1) is 11.1 Å². The van der Waals surface area contributed by atoms with Crippen molar-refractivity contribution in [1.29, 1.82) is 0 Å². The number of benzene rings is 2. The predicted octanol–water partition coefficient (Wildman–Crippen LogP) is 4.53. The topological polar surface area (TPSA) is 46.2 Å². The molecule has 2 atom stereocenters. The van der Waals surface area contributed by atoms with Crippen LogP contribution in [0.5, 0.6) is 0 Å². The van der Waals surface area contributed by atoms with Gasteiger partial charge in [-0.2, -0.15) is 0 Å². The number of aliphatic hydroxyl groups is 1. The summed E-state index contributed by atoms with van der Waals surface area (Å²) in [5.41, 5.74) is 7.45. The molecule has 2 aromatic rings. The summed E-state index contributed by atoms with van der Waals surface area (Å²) in [7, 11) is 0. The van der Waals surface area contributed by atoms with E-state index in [1.165, 1.54) is 0 Å². The van der Waals surface area contributed by atoms with Crippen molar-refractivity contribution in [2.75, 3.05) is 6.54 Å². The van der Waals surface area contributed by atoms with Crippen molar-refractivity contribution in [2.24, 2.45) is 5.73 Å². The summed E-state index contributed by atoms with van der Waals surface area (Å²) in [5.74, 6) is -0.231. The summed E-state index contributed by atoms with van der Waals surface area (Å²) in [5, 5.41) is 11.7. The standard InChI is InChI=1S/C15H14BrCl2NO/c16-13-5-4-10(7-14(13)18)15(20)12(8-19)9-2-1-3-11(17)6-9/h1-7,12,15,20H,8,19H2. The highest BCUT2D eigenvalue weighted by atomic mass is 79.9. The molecule has 0 bridgehead atoms. The van der Waals surface area contributed by atoms with E-state index in [4.69, 9.17) is 28.9 Å². The van der Waals surface area contributed by atoms with E-state index in [1.54, 1.807) is 12.1 Å². The minimum Gasteiger partial charge on any atom is -0.388 e. The van der Waals surface area contributed by atoms with Gasteiger partial charge in [-0.3, -0.25) is 0 Å². The molecule has 0 amide bonds. The Morgan fingerprint density at radius 2 is 1.85 bits per heavy atom. The van der Waals surface area contributed by atoms with Crippen LogP contribution in [0.1, 0.15) is 23.1 Å². The zero-order chi connectivity index (χ0) is 14.7. The summed E-state index contributed by atoms with van der Waals surface area (Å²) in [6.07, 6.45) is -0.732. The third-order valence-corrected chi connectivity index (χ3v) is 4.66. The van der Waals surface area contributed by atoms with Crippen molar-refractivity contribution in [3.05, 3.63) is 68.1 Å². The minimum absolute atomic E-state index is 0.231. The molecule has 2 nitrogen and oxygen atoms in total. The molecule has 0 spiro atoms. The largest absolute Gasteiger partial charge is 0.388 e. The Balaban J connectivity index is 2.33. The van der Waals surface area contributed by atoms with Gasteiger partial charge in [-0.05, 0) is 51.3 Å². The predicted molar refractivity (Wildman–Crippen MR) is 87.4 cm³/mol. The molecule has 2 rings (SSSR count). The molecule has 0 aliphatic carbocycles. The molecule has 2 aromatic carbocycles. The van der Waals surface area contributed by atoms with E-state index < -0.39 is 6.10 Å². The van der Waals surface area contributed by atoms with Gasteiger partial charge in [0.2, 0.25) is 0 Å². The molecule has 3 N–H and O–H groups in total. The number of halogens is 3. The first-order valence-corrected chi connectivity index (χ1v) is 7.66. The molecule has 5 heteroatoms. The summed E-state index contributed by atoms with van der Waals surface area (Å²) in [6.45, 7) is 0.315. The fraction of sp³-hybridized carbons (Fsp3) is 0.200. The van der Waals surface area contributed by atoms with E-state index in [1.807, 2.05) is 30.3 Å². The minimum atomic E-state index is -0.732. The second kappa shape index (κ2) is 6.92. The van der Waals surface area contributed by atoms with Crippen LogP contribution in [-0.2, 0) is 0 Å². The average molecular weight is 375 g/mol. The zero-order valence-corrected chi connectivity index (χ0v) is 13.7. The molecule has 0 aliphatic rings. The van der Waals surface area contributed by atoms with E-state index in [0.717, 1.165) is 15.6 Å². The van der Waals surface area contributed by atoms with Gasteiger partial charge in [-0.25, -0.2) is 0 Å². The summed E-state index contributed by atoms with van der Waals surface area (Å²) in [4.78, 5) is 0. The molecule has 2 unspecified atom stereocenters. The summed E-state index contributed by atoms with van der Waals surface area (Å²) >= 11 is 15.4. The monoisotopic (exact) mass is 373 g/mol. The highest BCUT2D eigenvalue weighted by molar-refractivity contribution is 9.10. The first-order chi connectivity index (χ1) is 9.52. The zero-order valence-electron chi connectivity index (χ0n) is 10.6. The van der Waals surface area contributed by atoms with Gasteiger partial charge in [-0.1, -0.05) is 41.4 Å². The van der Waals surface area contributed by atoms with Crippen molar-refractivity contribution in [3.8, 4) is 0 Å². The van der Waals surface area contributed by atoms with Gasteiger partial charge in [0.1, 0.15) is 0 Å². The second-order valence-electron chi connectivity index (χ2n) is 4.52. The van der Waals surface area contributed by atoms with Crippen molar-refractivity contribution >= 4 is 39.1 Å². The fourth-order valence-corrected chi connectivity index (χ4v) is 2.75. The van der Waals surface area contributed by atoms with E-state index in [2.05, 4.69) is 15.9 Å². The van der Waals surface area contributed by atoms with Crippen LogP contribution in [0.2, 0.25) is 10.0 Å². The molecule has 0 saturated heterocycles. The number of nitrogens with two attached hydrogens (primary N) is 1. The smallest absolute Gasteiger partial charge is 0.0871 e. The first-order valence-electron chi connectivity index (χ1n) is 6.11.